The molecule has 1 saturated heterocycles. The minimum absolute atomic E-state index is 0.412. The number of fused-ring (bicyclic) bond motifs is 1. The molecular weight excluding hydrogens is 246 g/mol. The number of rotatable bonds is 2. The van der Waals surface area contributed by atoms with E-state index >= 15 is 0 Å². The predicted molar refractivity (Wildman–Crippen MR) is 86.9 cm³/mol. The van der Waals surface area contributed by atoms with Crippen molar-refractivity contribution in [3.05, 3.63) is 35.5 Å². The van der Waals surface area contributed by atoms with Gasteiger partial charge in [0.2, 0.25) is 0 Å². The maximum absolute atomic E-state index is 5.94. The molecule has 1 aromatic heterocycles. The van der Waals surface area contributed by atoms with Crippen LogP contribution in [0.2, 0.25) is 0 Å². The van der Waals surface area contributed by atoms with E-state index in [0.717, 1.165) is 32.5 Å². The summed E-state index contributed by atoms with van der Waals surface area (Å²) in [5, 5.41) is 1.30. The van der Waals surface area contributed by atoms with E-state index in [2.05, 4.69) is 41.1 Å². The van der Waals surface area contributed by atoms with Crippen LogP contribution in [0.4, 0.5) is 0 Å². The molecule has 3 rings (SSSR count). The number of aryl methyl sites for hydroxylation is 1. The molecule has 3 heteroatoms. The summed E-state index contributed by atoms with van der Waals surface area (Å²) in [5.41, 5.74) is 9.80. The first-order valence-corrected chi connectivity index (χ1v) is 7.77. The Morgan fingerprint density at radius 3 is 2.60 bits per heavy atom. The Kier molecular flexibility index (Phi) is 5.21. The molecule has 2 aromatic rings. The second-order valence-corrected chi connectivity index (χ2v) is 5.49. The average Bonchev–Trinajstić information content (AvgIpc) is 2.83. The van der Waals surface area contributed by atoms with Crippen LogP contribution in [0.5, 0.6) is 0 Å². The number of aromatic amines is 1. The second kappa shape index (κ2) is 6.91. The number of nitrogens with zero attached hydrogens (tertiary/aromatic N) is 1. The fourth-order valence-electron chi connectivity index (χ4n) is 2.79. The minimum atomic E-state index is 0.412. The maximum atomic E-state index is 5.94. The van der Waals surface area contributed by atoms with Crippen molar-refractivity contribution in [3.63, 3.8) is 0 Å². The Morgan fingerprint density at radius 1 is 1.20 bits per heavy atom. The molecule has 0 bridgehead atoms. The van der Waals surface area contributed by atoms with E-state index in [1.165, 1.54) is 22.2 Å². The fourth-order valence-corrected chi connectivity index (χ4v) is 2.79. The molecule has 0 saturated carbocycles. The number of likely N-dealkylation sites (tertiary alicyclic amines) is 1. The zero-order valence-electron chi connectivity index (χ0n) is 12.9. The molecule has 0 aliphatic carbocycles. The molecule has 0 atom stereocenters. The van der Waals surface area contributed by atoms with Gasteiger partial charge >= 0.3 is 0 Å². The molecule has 0 amide bonds. The summed E-state index contributed by atoms with van der Waals surface area (Å²) in [6.07, 6.45) is 2.26. The standard InChI is InChI=1S/C15H21N3.C2H6/c1-11-8-13-3-2-12(9-15(13)17-11)10-18-6-4-14(16)5-7-18;1-2/h2-3,8-9,14,17H,4-7,10,16H2,1H3;1-2H3. The van der Waals surface area contributed by atoms with Gasteiger partial charge in [0.05, 0.1) is 0 Å². The normalized spacial score (nSPS) is 17.0. The number of nitrogens with one attached hydrogen (secondary N) is 1. The summed E-state index contributed by atoms with van der Waals surface area (Å²) >= 11 is 0. The van der Waals surface area contributed by atoms with Crippen molar-refractivity contribution in [2.45, 2.75) is 46.2 Å². The smallest absolute Gasteiger partial charge is 0.0459 e. The molecule has 1 fully saturated rings. The number of hydrogen-bond donors (Lipinski definition) is 2. The van der Waals surface area contributed by atoms with Gasteiger partial charge in [-0.2, -0.15) is 0 Å². The van der Waals surface area contributed by atoms with Crippen LogP contribution in [-0.2, 0) is 6.54 Å². The molecule has 110 valence electrons. The Bertz CT molecular complexity index is 536. The molecule has 0 unspecified atom stereocenters. The van der Waals surface area contributed by atoms with Crippen LogP contribution in [-0.4, -0.2) is 29.0 Å². The van der Waals surface area contributed by atoms with Gasteiger partial charge in [-0.3, -0.25) is 4.90 Å². The van der Waals surface area contributed by atoms with Crippen LogP contribution in [0.1, 0.15) is 37.9 Å². The van der Waals surface area contributed by atoms with E-state index in [-0.39, 0.29) is 0 Å². The number of H-pyrrole nitrogens is 1. The first-order chi connectivity index (χ1) is 9.70. The Morgan fingerprint density at radius 2 is 1.90 bits per heavy atom. The lowest BCUT2D eigenvalue weighted by Gasteiger charge is -2.30. The molecule has 0 spiro atoms. The van der Waals surface area contributed by atoms with Gasteiger partial charge in [-0.15, -0.1) is 0 Å². The number of hydrogen-bond acceptors (Lipinski definition) is 2. The highest BCUT2D eigenvalue weighted by Gasteiger charge is 2.15. The molecule has 3 nitrogen and oxygen atoms in total. The lowest BCUT2D eigenvalue weighted by atomic mass is 10.1. The second-order valence-electron chi connectivity index (χ2n) is 5.49. The van der Waals surface area contributed by atoms with Gasteiger partial charge in [-0.05, 0) is 55.9 Å². The van der Waals surface area contributed by atoms with E-state index in [4.69, 9.17) is 5.73 Å². The van der Waals surface area contributed by atoms with Gasteiger partial charge in [-0.1, -0.05) is 26.0 Å². The molecule has 1 aliphatic heterocycles. The molecule has 3 N–H and O–H groups in total. The van der Waals surface area contributed by atoms with Crippen LogP contribution < -0.4 is 5.73 Å². The van der Waals surface area contributed by atoms with Crippen molar-refractivity contribution in [1.29, 1.82) is 0 Å². The van der Waals surface area contributed by atoms with Gasteiger partial charge in [0.1, 0.15) is 0 Å². The summed E-state index contributed by atoms with van der Waals surface area (Å²) in [7, 11) is 0. The third-order valence-corrected chi connectivity index (χ3v) is 3.86. The van der Waals surface area contributed by atoms with Crippen LogP contribution in [0.15, 0.2) is 24.3 Å². The predicted octanol–water partition coefficient (Wildman–Crippen LogP) is 3.43. The Labute approximate surface area is 122 Å². The maximum Gasteiger partial charge on any atom is 0.0459 e. The molecule has 1 aliphatic rings. The number of piperidine rings is 1. The van der Waals surface area contributed by atoms with E-state index in [9.17, 15) is 0 Å². The molecule has 1 aromatic carbocycles. The van der Waals surface area contributed by atoms with Gasteiger partial charge < -0.3 is 10.7 Å². The summed E-state index contributed by atoms with van der Waals surface area (Å²) < 4.78 is 0. The largest absolute Gasteiger partial charge is 0.359 e. The lowest BCUT2D eigenvalue weighted by Crippen LogP contribution is -2.39. The molecule has 20 heavy (non-hydrogen) atoms. The highest BCUT2D eigenvalue weighted by Crippen LogP contribution is 2.19. The topological polar surface area (TPSA) is 45.0 Å². The van der Waals surface area contributed by atoms with Crippen LogP contribution in [0.3, 0.4) is 0 Å². The van der Waals surface area contributed by atoms with Crippen LogP contribution >= 0.6 is 0 Å². The van der Waals surface area contributed by atoms with Crippen LogP contribution in [0.25, 0.3) is 10.9 Å². The first-order valence-electron chi connectivity index (χ1n) is 7.77. The number of aromatic nitrogens is 1. The summed E-state index contributed by atoms with van der Waals surface area (Å²) in [6.45, 7) is 9.40. The van der Waals surface area contributed by atoms with Crippen molar-refractivity contribution < 1.29 is 0 Å². The Hall–Kier alpha value is -1.32. The van der Waals surface area contributed by atoms with E-state index in [0.29, 0.717) is 6.04 Å². The highest BCUT2D eigenvalue weighted by molar-refractivity contribution is 5.80. The van der Waals surface area contributed by atoms with Crippen molar-refractivity contribution >= 4 is 10.9 Å². The quantitative estimate of drug-likeness (QED) is 0.880. The van der Waals surface area contributed by atoms with Gasteiger partial charge in [0, 0.05) is 23.8 Å². The highest BCUT2D eigenvalue weighted by atomic mass is 15.1. The van der Waals surface area contributed by atoms with Crippen LogP contribution in [0, 0.1) is 6.92 Å². The van der Waals surface area contributed by atoms with Gasteiger partial charge in [-0.25, -0.2) is 0 Å². The number of nitrogens with two attached hydrogens (primary N) is 1. The monoisotopic (exact) mass is 273 g/mol. The minimum Gasteiger partial charge on any atom is -0.359 e. The zero-order chi connectivity index (χ0) is 14.5. The van der Waals surface area contributed by atoms with Crippen molar-refractivity contribution in [1.82, 2.24) is 9.88 Å². The lowest BCUT2D eigenvalue weighted by molar-refractivity contribution is 0.206. The third-order valence-electron chi connectivity index (χ3n) is 3.86. The van der Waals surface area contributed by atoms with Crippen molar-refractivity contribution in [3.8, 4) is 0 Å². The number of benzene rings is 1. The summed E-state index contributed by atoms with van der Waals surface area (Å²) in [4.78, 5) is 5.90. The summed E-state index contributed by atoms with van der Waals surface area (Å²) in [5.74, 6) is 0. The molecule has 0 radical (unpaired) electrons. The van der Waals surface area contributed by atoms with Gasteiger partial charge in [0.15, 0.2) is 0 Å². The Balaban J connectivity index is 0.000000704. The summed E-state index contributed by atoms with van der Waals surface area (Å²) in [6, 6.07) is 9.33. The zero-order valence-corrected chi connectivity index (χ0v) is 12.9. The SMILES string of the molecule is CC.Cc1cc2ccc(CN3CCC(N)CC3)cc2[nH]1. The average molecular weight is 273 g/mol. The van der Waals surface area contributed by atoms with E-state index < -0.39 is 0 Å². The first kappa shape index (κ1) is 15.1. The van der Waals surface area contributed by atoms with E-state index in [1.807, 2.05) is 13.8 Å². The fraction of sp³-hybridized carbons (Fsp3) is 0.529. The van der Waals surface area contributed by atoms with Crippen molar-refractivity contribution in [2.24, 2.45) is 5.73 Å². The molecular formula is C17H27N3. The van der Waals surface area contributed by atoms with E-state index in [1.54, 1.807) is 0 Å². The molecule has 2 heterocycles. The third kappa shape index (κ3) is 3.62. The van der Waals surface area contributed by atoms with Crippen molar-refractivity contribution in [2.75, 3.05) is 13.1 Å². The van der Waals surface area contributed by atoms with Gasteiger partial charge in [0.25, 0.3) is 0 Å².